The van der Waals surface area contributed by atoms with E-state index in [9.17, 15) is 10.5 Å². The van der Waals surface area contributed by atoms with E-state index in [0.717, 1.165) is 182 Å². The summed E-state index contributed by atoms with van der Waals surface area (Å²) in [6.07, 6.45) is 0.704. The molecule has 738 valence electrons. The number of para-hydroxylation sites is 2. The Kier molecular flexibility index (Phi) is 21.9. The van der Waals surface area contributed by atoms with Crippen molar-refractivity contribution in [1.29, 1.82) is 10.5 Å². The molecular weight excluding hydrogens is 1830 g/mol. The number of nitriles is 2. The van der Waals surface area contributed by atoms with Crippen LogP contribution < -0.4 is 0 Å². The maximum Gasteiger partial charge on any atom is 0.164 e. The first kappa shape index (κ1) is 95.7. The summed E-state index contributed by atoms with van der Waals surface area (Å²) in [5, 5.41) is 37.1. The van der Waals surface area contributed by atoms with Gasteiger partial charge in [-0.25, -0.2) is 19.9 Å². The molecule has 0 spiro atoms. The van der Waals surface area contributed by atoms with Crippen molar-refractivity contribution in [2.24, 2.45) is 0 Å². The summed E-state index contributed by atoms with van der Waals surface area (Å²) in [5.41, 5.74) is 31.9. The molecule has 12 heteroatoms. The minimum absolute atomic E-state index is 0.136. The fourth-order valence-corrected chi connectivity index (χ4v) is 23.0. The number of benzene rings is 16. The van der Waals surface area contributed by atoms with Crippen LogP contribution >= 0.6 is 0 Å². The van der Waals surface area contributed by atoms with Crippen LogP contribution in [0.3, 0.4) is 0 Å². The Hall–Kier alpha value is -16.5. The molecule has 0 aliphatic heterocycles. The van der Waals surface area contributed by atoms with E-state index >= 15 is 0 Å². The summed E-state index contributed by atoms with van der Waals surface area (Å²) in [7, 11) is 0. The van der Waals surface area contributed by atoms with Gasteiger partial charge in [-0.3, -0.25) is 0 Å². The molecule has 24 aromatic rings. The number of aromatic nitrogens is 8. The van der Waals surface area contributed by atoms with Crippen molar-refractivity contribution in [1.82, 2.24) is 38.2 Å². The van der Waals surface area contributed by atoms with Gasteiger partial charge < -0.3 is 27.1 Å². The second-order valence-corrected chi connectivity index (χ2v) is 49.5. The van der Waals surface area contributed by atoms with Crippen LogP contribution in [0.4, 0.5) is 0 Å². The van der Waals surface area contributed by atoms with E-state index in [1.807, 2.05) is 42.5 Å². The van der Waals surface area contributed by atoms with Gasteiger partial charge in [0.2, 0.25) is 0 Å². The Morgan fingerprint density at radius 2 is 0.547 bits per heavy atom. The lowest BCUT2D eigenvalue weighted by atomic mass is 9.78. The molecule has 0 amide bonds. The molecule has 8 heterocycles. The summed E-state index contributed by atoms with van der Waals surface area (Å²) in [6.45, 7) is 52.5. The Balaban J connectivity index is 0.660. The van der Waals surface area contributed by atoms with E-state index in [2.05, 4.69) is 469 Å². The first-order valence-electron chi connectivity index (χ1n) is 52.7. The van der Waals surface area contributed by atoms with Crippen molar-refractivity contribution in [3.63, 3.8) is 0 Å². The molecular formula is C138H124N10O2. The molecule has 0 radical (unpaired) electrons. The summed E-state index contributed by atoms with van der Waals surface area (Å²) in [6, 6.07) is 122. The van der Waals surface area contributed by atoms with Crippen molar-refractivity contribution in [3.8, 4) is 103 Å². The monoisotopic (exact) mass is 1950 g/mol. The molecule has 12 nitrogen and oxygen atoms in total. The summed E-state index contributed by atoms with van der Waals surface area (Å²) < 4.78 is 24.9. The minimum atomic E-state index is -0.418. The lowest BCUT2D eigenvalue weighted by molar-refractivity contribution is 0.523. The average molecular weight is 1950 g/mol. The number of fused-ring (bicyclic) bond motifs is 18. The maximum absolute atomic E-state index is 12.6. The lowest BCUT2D eigenvalue weighted by Crippen LogP contribution is -2.20. The zero-order valence-corrected chi connectivity index (χ0v) is 90.1. The lowest BCUT2D eigenvalue weighted by Gasteiger charge is -2.26. The number of hydrogen-bond donors (Lipinski definition) is 0. The van der Waals surface area contributed by atoms with Crippen molar-refractivity contribution in [2.45, 2.75) is 209 Å². The van der Waals surface area contributed by atoms with E-state index in [0.29, 0.717) is 62.8 Å². The smallest absolute Gasteiger partial charge is 0.164 e. The van der Waals surface area contributed by atoms with E-state index in [-0.39, 0.29) is 37.9 Å². The third-order valence-corrected chi connectivity index (χ3v) is 31.6. The van der Waals surface area contributed by atoms with Gasteiger partial charge in [0, 0.05) is 82.2 Å². The van der Waals surface area contributed by atoms with Gasteiger partial charge in [-0.2, -0.15) is 10.5 Å². The predicted octanol–water partition coefficient (Wildman–Crippen LogP) is 36.8. The molecule has 150 heavy (non-hydrogen) atoms. The van der Waals surface area contributed by atoms with E-state index in [1.54, 1.807) is 0 Å². The van der Waals surface area contributed by atoms with Crippen LogP contribution in [-0.4, -0.2) is 38.2 Å². The van der Waals surface area contributed by atoms with Gasteiger partial charge >= 0.3 is 0 Å². The summed E-state index contributed by atoms with van der Waals surface area (Å²) >= 11 is 0. The molecule has 0 aliphatic carbocycles. The number of rotatable bonds is 13. The molecule has 0 unspecified atom stereocenters. The fourth-order valence-electron chi connectivity index (χ4n) is 23.0. The topological polar surface area (TPSA) is 145 Å². The van der Waals surface area contributed by atoms with Crippen LogP contribution in [0.15, 0.2) is 330 Å². The highest BCUT2D eigenvalue weighted by Crippen LogP contribution is 2.53. The maximum atomic E-state index is 12.6. The van der Waals surface area contributed by atoms with Crippen LogP contribution in [-0.2, 0) is 49.7 Å². The van der Waals surface area contributed by atoms with Crippen molar-refractivity contribution >= 4 is 131 Å². The molecule has 8 aromatic heterocycles. The van der Waals surface area contributed by atoms with Gasteiger partial charge in [0.05, 0.1) is 117 Å². The SMILES string of the molecule is CC(C)(C)c1ccc2c(c1)c1cc(C(C)(C)C)ccc1n2-c1cc2oc3c(-c4nc(-c5ccccc5)cc(-c5ccc(CC(C)(C)c6ccc7c(c6)c6cc(C(C)(C)C)ccc6n7-c6cc(C#N)c(-n7c8ccc(C(C)(C)C)cc8c8cc(C(C)(C)C)ccc87)c7c6oc6c(-c8nc(-c9ccccc9)cc(-c9ccccc9)n8)cccc67)cc5)n4)cccc3c2c(-n2c3ccc(C(C)(C)C)cc3c3cc(C(C)(C)C)ccc32)c1C#N. The standard InChI is InChI=1S/C138H124N10O2/c1-131(2,3)86-49-57-111-98(66-86)99-67-87(132(4,5)6)50-58-112(99)145(111)119-76-121-122(125(106(119)79-140)148-117-62-54-91(136(16,17)18)71-103(117)104-72-92(137(19,20)21)55-63-118(104)148)94-41-33-43-96(126(94)149-121)129-141-109(83-39-31-26-32-40-83)75-110(144-129)84-47-45-80(46-48-84)77-138(22,23)93-56-64-114-105(73-93)100-68-88(133(7,8)9)51-59-113(100)146(114)120-65-85(78-139)124(147-115-60-52-89(134(10,11)12)69-101(115)102-70-90(135(13,14)15)53-61-116(102)147)123-95-42-34-44-97(127(95)150-128(120)123)130-142-107(81-35-27-24-28-36-81)74-108(143-130)82-37-29-25-30-38-82/h24-76H,77H2,1-23H3. The van der Waals surface area contributed by atoms with Crippen LogP contribution in [0.1, 0.15) is 220 Å². The third-order valence-electron chi connectivity index (χ3n) is 31.6. The summed E-state index contributed by atoms with van der Waals surface area (Å²) in [5.74, 6) is 1.01. The molecule has 16 aromatic carbocycles. The fraction of sp³-hybridized carbons (Fsp3) is 0.232. The highest BCUT2D eigenvalue weighted by atomic mass is 16.3. The van der Waals surface area contributed by atoms with Gasteiger partial charge in [0.15, 0.2) is 17.2 Å². The second kappa shape index (κ2) is 34.3. The van der Waals surface area contributed by atoms with Crippen molar-refractivity contribution < 1.29 is 8.83 Å². The van der Waals surface area contributed by atoms with Crippen LogP contribution in [0.5, 0.6) is 0 Å². The van der Waals surface area contributed by atoms with Crippen LogP contribution in [0, 0.1) is 22.7 Å². The van der Waals surface area contributed by atoms with Gasteiger partial charge in [-0.15, -0.1) is 0 Å². The molecule has 24 rings (SSSR count). The van der Waals surface area contributed by atoms with Crippen LogP contribution in [0.2, 0.25) is 0 Å². The zero-order chi connectivity index (χ0) is 105. The van der Waals surface area contributed by atoms with Crippen molar-refractivity contribution in [2.75, 3.05) is 0 Å². The summed E-state index contributed by atoms with van der Waals surface area (Å²) in [4.78, 5) is 22.2. The minimum Gasteiger partial charge on any atom is -0.455 e. The quantitative estimate of drug-likeness (QED) is 0.111. The number of furan rings is 2. The molecule has 0 saturated heterocycles. The van der Waals surface area contributed by atoms with Gasteiger partial charge in [-0.1, -0.05) is 347 Å². The van der Waals surface area contributed by atoms with Gasteiger partial charge in [0.1, 0.15) is 34.5 Å². The predicted molar refractivity (Wildman–Crippen MR) is 626 cm³/mol. The third kappa shape index (κ3) is 16.0. The number of nitrogens with zero attached hydrogens (tertiary/aromatic N) is 10. The molecule has 0 atom stereocenters. The molecule has 0 aliphatic rings. The number of hydrogen-bond acceptors (Lipinski definition) is 8. The van der Waals surface area contributed by atoms with Crippen molar-refractivity contribution in [3.05, 3.63) is 383 Å². The highest BCUT2D eigenvalue weighted by Gasteiger charge is 2.36. The zero-order valence-electron chi connectivity index (χ0n) is 90.1. The second-order valence-electron chi connectivity index (χ2n) is 49.5. The van der Waals surface area contributed by atoms with Crippen LogP contribution in [0.25, 0.3) is 222 Å². The normalized spacial score (nSPS) is 12.9. The Morgan fingerprint density at radius 1 is 0.247 bits per heavy atom. The molecule has 0 N–H and O–H groups in total. The Morgan fingerprint density at radius 3 is 0.880 bits per heavy atom. The van der Waals surface area contributed by atoms with Gasteiger partial charge in [-0.05, 0) is 227 Å². The average Bonchev–Trinajstić information content (AvgIpc) is 1.54. The Bertz CT molecular complexity index is 9580. The van der Waals surface area contributed by atoms with Gasteiger partial charge in [0.25, 0.3) is 0 Å². The molecule has 0 fully saturated rings. The van der Waals surface area contributed by atoms with E-state index < -0.39 is 5.41 Å². The highest BCUT2D eigenvalue weighted by molar-refractivity contribution is 6.22. The first-order valence-corrected chi connectivity index (χ1v) is 52.7. The molecule has 0 bridgehead atoms. The van der Waals surface area contributed by atoms with E-state index in [1.165, 1.54) is 44.5 Å². The Labute approximate surface area is 877 Å². The first-order chi connectivity index (χ1) is 71.4. The van der Waals surface area contributed by atoms with E-state index in [4.69, 9.17) is 28.8 Å². The largest absolute Gasteiger partial charge is 0.455 e. The molecule has 0 saturated carbocycles.